The van der Waals surface area contributed by atoms with E-state index in [-0.39, 0.29) is 0 Å². The molecule has 0 spiro atoms. The Morgan fingerprint density at radius 1 is 0.431 bits per heavy atom. The van der Waals surface area contributed by atoms with Crippen molar-refractivity contribution in [2.45, 2.75) is 0 Å². The number of hydrogen-bond acceptors (Lipinski definition) is 4. The van der Waals surface area contributed by atoms with Crippen molar-refractivity contribution in [1.82, 2.24) is 19.4 Å². The Morgan fingerprint density at radius 2 is 1.02 bits per heavy atom. The van der Waals surface area contributed by atoms with Gasteiger partial charge in [0.05, 0.1) is 5.69 Å². The fourth-order valence-electron chi connectivity index (χ4n) is 9.41. The van der Waals surface area contributed by atoms with Gasteiger partial charge in [-0.2, -0.15) is 0 Å². The number of hydrogen-bond donors (Lipinski definition) is 0. The third-order valence-corrected chi connectivity index (χ3v) is 22.5. The van der Waals surface area contributed by atoms with E-state index in [9.17, 15) is 0 Å². The predicted molar refractivity (Wildman–Crippen MR) is 276 cm³/mol. The first-order chi connectivity index (χ1) is 32.0. The van der Waals surface area contributed by atoms with Crippen molar-refractivity contribution in [3.8, 4) is 22.4 Å². The van der Waals surface area contributed by atoms with Crippen LogP contribution in [0.25, 0.3) is 71.5 Å². The monoisotopic (exact) mass is 936 g/mol. The molecule has 8 heteroatoms. The molecule has 8 aromatic carbocycles. The zero-order valence-corrected chi connectivity index (χ0v) is 38.4. The molecule has 0 aliphatic heterocycles. The number of nitrogens with zero attached hydrogens (tertiary/aromatic N) is 4. The van der Waals surface area contributed by atoms with Gasteiger partial charge in [-0.05, 0) is 12.1 Å². The Labute approximate surface area is 383 Å². The van der Waals surface area contributed by atoms with Crippen molar-refractivity contribution in [2.24, 2.45) is 0 Å². The smallest absolute Gasteiger partial charge is 0.0389 e. The summed E-state index contributed by atoms with van der Waals surface area (Å²) in [5, 5.41) is 10.5. The normalized spacial score (nSPS) is 12.1. The van der Waals surface area contributed by atoms with Gasteiger partial charge in [-0.15, -0.1) is 0 Å². The molecule has 0 radical (unpaired) electrons. The van der Waals surface area contributed by atoms with Crippen LogP contribution in [0.3, 0.4) is 0 Å². The van der Waals surface area contributed by atoms with Gasteiger partial charge in [0.1, 0.15) is 0 Å². The van der Waals surface area contributed by atoms with Crippen molar-refractivity contribution in [1.29, 1.82) is 0 Å². The summed E-state index contributed by atoms with van der Waals surface area (Å²) in [4.78, 5) is 15.6. The second-order valence-electron chi connectivity index (χ2n) is 16.3. The maximum Gasteiger partial charge on any atom is 0.0389 e. The molecular formula is C57H38N4OP2Se. The summed E-state index contributed by atoms with van der Waals surface area (Å²) >= 11 is 3.65. The topological polar surface area (TPSA) is 60.2 Å². The van der Waals surface area contributed by atoms with Gasteiger partial charge in [0.15, 0.2) is 7.14 Å². The van der Waals surface area contributed by atoms with E-state index in [1.54, 1.807) is 6.20 Å². The van der Waals surface area contributed by atoms with Gasteiger partial charge in [0.2, 0.25) is 0 Å². The van der Waals surface area contributed by atoms with Crippen molar-refractivity contribution < 1.29 is 4.57 Å². The summed E-state index contributed by atoms with van der Waals surface area (Å²) in [6, 6.07) is 75.4. The second-order valence-corrected chi connectivity index (χ2v) is 25.2. The van der Waals surface area contributed by atoms with Crippen LogP contribution < -0.4 is 32.0 Å². The van der Waals surface area contributed by atoms with Gasteiger partial charge >= 0.3 is 238 Å². The van der Waals surface area contributed by atoms with E-state index in [0.717, 1.165) is 71.4 Å². The molecule has 0 atom stereocenters. The minimum absolute atomic E-state index is 0.694. The zero-order valence-electron chi connectivity index (χ0n) is 34.9. The molecule has 0 unspecified atom stereocenters. The maximum atomic E-state index is 15.1. The summed E-state index contributed by atoms with van der Waals surface area (Å²) in [7, 11) is -3.17. The quantitative estimate of drug-likeness (QED) is 0.0865. The van der Waals surface area contributed by atoms with Crippen LogP contribution in [0.15, 0.2) is 231 Å². The standard InChI is InChI=1S/C57H38N4OP2Se/c62-63(43-16-5-1-6-17-43,44-18-7-2-8-19-44)47-29-33-51(58-38-47)41-27-32-52-54(36-41)61-53-35-40(26-30-49(53)56-48-24-14-13-15-39(48)25-31-50(56)57(61)60-52)42-28-34-55(59-37-42)64(65,45-20-9-3-10-21-45)46-22-11-4-12-23-46/h1-38H. The molecule has 0 aliphatic carbocycles. The molecule has 0 N–H and O–H groups in total. The predicted octanol–water partition coefficient (Wildman–Crippen LogP) is 11.1. The molecule has 0 bridgehead atoms. The Balaban J connectivity index is 1.02. The van der Waals surface area contributed by atoms with Gasteiger partial charge in [-0.3, -0.25) is 4.98 Å². The van der Waals surface area contributed by atoms with Crippen LogP contribution in [-0.4, -0.2) is 34.5 Å². The summed E-state index contributed by atoms with van der Waals surface area (Å²) < 4.78 is 17.4. The van der Waals surface area contributed by atoms with Crippen LogP contribution >= 0.6 is 12.7 Å². The molecule has 0 aliphatic rings. The second kappa shape index (κ2) is 15.9. The summed E-state index contributed by atoms with van der Waals surface area (Å²) in [6.07, 6.45) is 3.81. The molecule has 12 aromatic rings. The van der Waals surface area contributed by atoms with Crippen molar-refractivity contribution in [3.63, 3.8) is 0 Å². The molecule has 0 saturated heterocycles. The van der Waals surface area contributed by atoms with Crippen LogP contribution in [-0.2, 0) is 4.57 Å². The Kier molecular flexibility index (Phi) is 9.67. The molecule has 0 saturated carbocycles. The van der Waals surface area contributed by atoms with Gasteiger partial charge in [0.25, 0.3) is 0 Å². The minimum Gasteiger partial charge on any atom is -0.255 e. The van der Waals surface area contributed by atoms with E-state index < -0.39 is 12.7 Å². The van der Waals surface area contributed by atoms with Gasteiger partial charge in [0, 0.05) is 22.1 Å². The van der Waals surface area contributed by atoms with Crippen LogP contribution in [0.5, 0.6) is 0 Å². The molecule has 5 nitrogen and oxygen atoms in total. The number of pyridine rings is 3. The molecule has 0 fully saturated rings. The number of benzene rings is 8. The van der Waals surface area contributed by atoms with Crippen molar-refractivity contribution in [2.75, 3.05) is 0 Å². The minimum atomic E-state index is -3.17. The first-order valence-corrected chi connectivity index (χ1v) is 27.3. The van der Waals surface area contributed by atoms with E-state index in [1.165, 1.54) is 26.8 Å². The van der Waals surface area contributed by atoms with Gasteiger partial charge in [-0.25, -0.2) is 0 Å². The molecular weight excluding hydrogens is 898 g/mol. The van der Waals surface area contributed by atoms with Gasteiger partial charge in [-0.1, -0.05) is 91.0 Å². The zero-order chi connectivity index (χ0) is 43.5. The van der Waals surface area contributed by atoms with Crippen LogP contribution in [0.1, 0.15) is 0 Å². The van der Waals surface area contributed by atoms with Crippen molar-refractivity contribution >= 4 is 109 Å². The Morgan fingerprint density at radius 3 is 1.65 bits per heavy atom. The fourth-order valence-corrected chi connectivity index (χ4v) is 16.7. The molecule has 4 aromatic heterocycles. The largest absolute Gasteiger partial charge is 0.255 e. The summed E-state index contributed by atoms with van der Waals surface area (Å²) in [5.74, 6) is 0. The SMILES string of the molecule is O=P(c1ccccc1)(c1ccccc1)c1ccc(-c2ccc3nc4c5ccc6ccccc6c5c5ccc(-c6ccc(P(=[Se])(c7ccccc7)c7ccccc7)nc6)cc5n4c3c2)nc1. The number of imidazole rings is 1. The van der Waals surface area contributed by atoms with Gasteiger partial charge < -0.3 is 4.57 Å². The van der Waals surface area contributed by atoms with Crippen LogP contribution in [0.4, 0.5) is 0 Å². The molecule has 65 heavy (non-hydrogen) atoms. The summed E-state index contributed by atoms with van der Waals surface area (Å²) in [6.45, 7) is 0. The first kappa shape index (κ1) is 39.6. The Bertz CT molecular complexity index is 3780. The van der Waals surface area contributed by atoms with E-state index in [4.69, 9.17) is 15.0 Å². The fraction of sp³-hybridized carbons (Fsp3) is 0. The summed E-state index contributed by atoms with van der Waals surface area (Å²) in [5.41, 5.74) is 6.59. The third-order valence-electron chi connectivity index (χ3n) is 12.6. The average molecular weight is 936 g/mol. The Hall–Kier alpha value is -7.03. The number of aromatic nitrogens is 4. The molecule has 308 valence electrons. The number of fused-ring (bicyclic) bond motifs is 10. The number of rotatable bonds is 8. The van der Waals surface area contributed by atoms with E-state index in [0.29, 0.717) is 5.30 Å². The molecule has 0 amide bonds. The van der Waals surface area contributed by atoms with Crippen molar-refractivity contribution in [3.05, 3.63) is 231 Å². The molecule has 12 rings (SSSR count). The van der Waals surface area contributed by atoms with E-state index in [2.05, 4.69) is 165 Å². The maximum absolute atomic E-state index is 15.1. The first-order valence-electron chi connectivity index (χ1n) is 21.5. The van der Waals surface area contributed by atoms with Crippen LogP contribution in [0.2, 0.25) is 0 Å². The van der Waals surface area contributed by atoms with E-state index >= 15 is 4.57 Å². The average Bonchev–Trinajstić information content (AvgIpc) is 3.78. The van der Waals surface area contributed by atoms with E-state index in [1.807, 2.05) is 79.0 Å². The van der Waals surface area contributed by atoms with Crippen LogP contribution in [0, 0.1) is 0 Å². The molecule has 4 heterocycles. The third kappa shape index (κ3) is 6.48.